The molecule has 3 rings (SSSR count). The molecular weight excluding hydrogens is 316 g/mol. The minimum atomic E-state index is -0.958. The molecule has 5 heteroatoms. The average molecular weight is 338 g/mol. The first-order chi connectivity index (χ1) is 11.7. The Kier molecular flexibility index (Phi) is 3.75. The van der Waals surface area contributed by atoms with Crippen LogP contribution in [0.1, 0.15) is 32.8 Å². The number of carbonyl (C=O) groups excluding carboxylic acids is 2. The molecule has 25 heavy (non-hydrogen) atoms. The summed E-state index contributed by atoms with van der Waals surface area (Å²) in [5.41, 5.74) is 0.788. The monoisotopic (exact) mass is 338 g/mol. The molecule has 0 bridgehead atoms. The van der Waals surface area contributed by atoms with Crippen LogP contribution in [0.5, 0.6) is 0 Å². The van der Waals surface area contributed by atoms with Crippen LogP contribution in [0.3, 0.4) is 0 Å². The van der Waals surface area contributed by atoms with Crippen molar-refractivity contribution >= 4 is 17.7 Å². The number of hydrogen-bond acceptors (Lipinski definition) is 4. The van der Waals surface area contributed by atoms with E-state index in [0.717, 1.165) is 16.0 Å². The molecule has 0 saturated heterocycles. The molecule has 1 aliphatic carbocycles. The maximum atomic E-state index is 13.5. The van der Waals surface area contributed by atoms with Crippen molar-refractivity contribution in [2.24, 2.45) is 17.3 Å². The molecule has 1 saturated carbocycles. The normalized spacial score (nSPS) is 28.2. The quantitative estimate of drug-likeness (QED) is 0.675. The van der Waals surface area contributed by atoms with E-state index in [1.807, 2.05) is 32.9 Å². The Morgan fingerprint density at radius 1 is 1.40 bits per heavy atom. The number of imide groups is 1. The Hall–Kier alpha value is -2.61. The van der Waals surface area contributed by atoms with Crippen LogP contribution in [0.15, 0.2) is 36.4 Å². The third-order valence-corrected chi connectivity index (χ3v) is 5.45. The molecule has 0 aromatic heterocycles. The molecule has 5 nitrogen and oxygen atoms in total. The van der Waals surface area contributed by atoms with E-state index >= 15 is 0 Å². The Balaban J connectivity index is 2.31. The fourth-order valence-electron chi connectivity index (χ4n) is 4.72. The van der Waals surface area contributed by atoms with E-state index in [2.05, 4.69) is 12.6 Å². The molecule has 2 amide bonds. The largest absolute Gasteiger partial charge is 0.452 e. The number of rotatable bonds is 0. The molecule has 1 fully saturated rings. The number of amides is 2. The summed E-state index contributed by atoms with van der Waals surface area (Å²) in [6, 6.07) is 9.62. The Labute approximate surface area is 147 Å². The van der Waals surface area contributed by atoms with Crippen molar-refractivity contribution < 1.29 is 14.3 Å². The van der Waals surface area contributed by atoms with Crippen LogP contribution in [0.25, 0.3) is 0 Å². The van der Waals surface area contributed by atoms with E-state index in [-0.39, 0.29) is 17.2 Å². The van der Waals surface area contributed by atoms with E-state index < -0.39 is 17.4 Å². The fourth-order valence-corrected chi connectivity index (χ4v) is 4.72. The lowest BCUT2D eigenvalue weighted by molar-refractivity contribution is -0.125. The highest BCUT2D eigenvalue weighted by Gasteiger charge is 2.65. The van der Waals surface area contributed by atoms with Crippen LogP contribution in [0.2, 0.25) is 0 Å². The number of nitriles is 1. The molecule has 0 radical (unpaired) electrons. The highest BCUT2D eigenvalue weighted by molar-refractivity contribution is 6.21. The molecule has 1 aromatic carbocycles. The van der Waals surface area contributed by atoms with Gasteiger partial charge in [0.15, 0.2) is 0 Å². The lowest BCUT2D eigenvalue weighted by atomic mass is 9.61. The van der Waals surface area contributed by atoms with E-state index in [1.165, 1.54) is 7.11 Å². The van der Waals surface area contributed by atoms with Crippen molar-refractivity contribution in [2.45, 2.75) is 32.6 Å². The first kappa shape index (κ1) is 17.2. The maximum absolute atomic E-state index is 13.5. The first-order valence-corrected chi connectivity index (χ1v) is 8.29. The highest BCUT2D eigenvalue weighted by atomic mass is 16.5. The molecule has 1 aliphatic heterocycles. The number of hydrogen-bond donors (Lipinski definition) is 0. The van der Waals surface area contributed by atoms with E-state index in [1.54, 1.807) is 12.1 Å². The summed E-state index contributed by atoms with van der Waals surface area (Å²) in [5.74, 6) is -1.03. The zero-order valence-corrected chi connectivity index (χ0v) is 15.0. The summed E-state index contributed by atoms with van der Waals surface area (Å²) in [5, 5.41) is 9.74. The maximum Gasteiger partial charge on any atom is 0.420 e. The summed E-state index contributed by atoms with van der Waals surface area (Å²) < 4.78 is 4.84. The molecule has 1 aromatic rings. The van der Waals surface area contributed by atoms with Gasteiger partial charge < -0.3 is 4.74 Å². The average Bonchev–Trinajstić information content (AvgIpc) is 3.00. The summed E-state index contributed by atoms with van der Waals surface area (Å²) in [6.45, 7) is 10.2. The van der Waals surface area contributed by atoms with Crippen LogP contribution in [0, 0.1) is 28.6 Å². The lowest BCUT2D eigenvalue weighted by Gasteiger charge is -2.40. The van der Waals surface area contributed by atoms with Gasteiger partial charge in [-0.15, -0.1) is 0 Å². The smallest absolute Gasteiger partial charge is 0.420 e. The van der Waals surface area contributed by atoms with Gasteiger partial charge in [-0.05, 0) is 23.5 Å². The predicted octanol–water partition coefficient (Wildman–Crippen LogP) is 3.80. The first-order valence-electron chi connectivity index (χ1n) is 8.29. The SMILES string of the molecule is C=C1C[C@]2(C(=O)N(C(=O)OC)c3ccccc32)[C@@H](C(C)(C)C)[C@@H]1C#N. The third kappa shape index (κ3) is 2.13. The van der Waals surface area contributed by atoms with Crippen molar-refractivity contribution in [3.05, 3.63) is 42.0 Å². The molecular formula is C20H22N2O3. The summed E-state index contributed by atoms with van der Waals surface area (Å²) in [4.78, 5) is 26.9. The minimum absolute atomic E-state index is 0.277. The van der Waals surface area contributed by atoms with Gasteiger partial charge in [-0.1, -0.05) is 51.1 Å². The molecule has 2 aliphatic rings. The molecule has 0 unspecified atom stereocenters. The van der Waals surface area contributed by atoms with Crippen LogP contribution in [-0.2, 0) is 14.9 Å². The van der Waals surface area contributed by atoms with E-state index in [9.17, 15) is 14.9 Å². The minimum Gasteiger partial charge on any atom is -0.452 e. The second-order valence-electron chi connectivity index (χ2n) is 7.88. The number of fused-ring (bicyclic) bond motifs is 2. The van der Waals surface area contributed by atoms with Crippen molar-refractivity contribution in [2.75, 3.05) is 12.0 Å². The van der Waals surface area contributed by atoms with Gasteiger partial charge in [0.05, 0.1) is 30.2 Å². The fraction of sp³-hybridized carbons (Fsp3) is 0.450. The second kappa shape index (κ2) is 5.45. The summed E-state index contributed by atoms with van der Waals surface area (Å²) in [6.07, 6.45) is -0.329. The topological polar surface area (TPSA) is 70.4 Å². The van der Waals surface area contributed by atoms with Crippen LogP contribution in [-0.4, -0.2) is 19.1 Å². The molecule has 130 valence electrons. The number of ether oxygens (including phenoxy) is 1. The van der Waals surface area contributed by atoms with Gasteiger partial charge in [0.1, 0.15) is 0 Å². The van der Waals surface area contributed by atoms with Gasteiger partial charge in [-0.3, -0.25) is 4.79 Å². The number of para-hydroxylation sites is 1. The van der Waals surface area contributed by atoms with Gasteiger partial charge in [0, 0.05) is 5.92 Å². The van der Waals surface area contributed by atoms with Crippen molar-refractivity contribution in [1.29, 1.82) is 5.26 Å². The molecule has 1 spiro atoms. The second-order valence-corrected chi connectivity index (χ2v) is 7.88. The number of nitrogens with zero attached hydrogens (tertiary/aromatic N) is 2. The molecule has 3 atom stereocenters. The van der Waals surface area contributed by atoms with Crippen molar-refractivity contribution in [3.8, 4) is 6.07 Å². The number of benzene rings is 1. The van der Waals surface area contributed by atoms with E-state index in [4.69, 9.17) is 4.74 Å². The number of allylic oxidation sites excluding steroid dienone is 1. The Bertz CT molecular complexity index is 815. The van der Waals surface area contributed by atoms with E-state index in [0.29, 0.717) is 12.1 Å². The van der Waals surface area contributed by atoms with Gasteiger partial charge in [-0.25, -0.2) is 9.69 Å². The lowest BCUT2D eigenvalue weighted by Crippen LogP contribution is -2.49. The molecule has 0 N–H and O–H groups in total. The Morgan fingerprint density at radius 3 is 2.60 bits per heavy atom. The van der Waals surface area contributed by atoms with Gasteiger partial charge in [-0.2, -0.15) is 5.26 Å². The van der Waals surface area contributed by atoms with Gasteiger partial charge >= 0.3 is 6.09 Å². The standard InChI is InChI=1S/C20H22N2O3/c1-12-10-20(16(13(12)11-21)19(2,3)4)14-8-6-7-9-15(14)22(17(20)23)18(24)25-5/h6-9,13,16H,1,10H2,2-5H3/t13-,16-,20-/m1/s1. The predicted molar refractivity (Wildman–Crippen MR) is 93.8 cm³/mol. The van der Waals surface area contributed by atoms with Crippen LogP contribution in [0.4, 0.5) is 10.5 Å². The number of carbonyl (C=O) groups is 2. The third-order valence-electron chi connectivity index (χ3n) is 5.45. The Morgan fingerprint density at radius 2 is 2.04 bits per heavy atom. The van der Waals surface area contributed by atoms with Gasteiger partial charge in [0.2, 0.25) is 5.91 Å². The van der Waals surface area contributed by atoms with Crippen molar-refractivity contribution in [3.63, 3.8) is 0 Å². The zero-order valence-electron chi connectivity index (χ0n) is 15.0. The summed E-state index contributed by atoms with van der Waals surface area (Å²) in [7, 11) is 1.26. The zero-order chi connectivity index (χ0) is 18.6. The number of anilines is 1. The number of methoxy groups -OCH3 is 1. The highest BCUT2D eigenvalue weighted by Crippen LogP contribution is 2.62. The van der Waals surface area contributed by atoms with Crippen LogP contribution >= 0.6 is 0 Å². The van der Waals surface area contributed by atoms with Gasteiger partial charge in [0.25, 0.3) is 0 Å². The summed E-state index contributed by atoms with van der Waals surface area (Å²) >= 11 is 0. The van der Waals surface area contributed by atoms with Crippen molar-refractivity contribution in [1.82, 2.24) is 0 Å². The van der Waals surface area contributed by atoms with Crippen LogP contribution < -0.4 is 4.90 Å². The molecule has 1 heterocycles.